The average Bonchev–Trinajstić information content (AvgIpc) is 2.21. The summed E-state index contributed by atoms with van der Waals surface area (Å²) in [5.41, 5.74) is 0. The van der Waals surface area contributed by atoms with Crippen molar-refractivity contribution >= 4 is 16.9 Å². The Morgan fingerprint density at radius 3 is 2.43 bits per heavy atom. The third-order valence-electron chi connectivity index (χ3n) is 1.55. The van der Waals surface area contributed by atoms with Gasteiger partial charge in [0, 0.05) is 13.0 Å². The zero-order valence-corrected chi connectivity index (χ0v) is 9.69. The fraction of sp³-hybridized carbons (Fsp3) is 0.889. The molecular weight excluding hydrogens is 202 g/mol. The summed E-state index contributed by atoms with van der Waals surface area (Å²) in [6.07, 6.45) is 2.26. The molecule has 0 radical (unpaired) electrons. The van der Waals surface area contributed by atoms with Crippen LogP contribution in [0.25, 0.3) is 0 Å². The highest BCUT2D eigenvalue weighted by atomic mass is 32.2. The highest BCUT2D eigenvalue weighted by Crippen LogP contribution is 1.98. The topological polar surface area (TPSA) is 47.6 Å². The molecule has 0 spiro atoms. The lowest BCUT2D eigenvalue weighted by Crippen LogP contribution is -2.16. The monoisotopic (exact) mass is 221 g/mol. The second kappa shape index (κ2) is 11.0. The lowest BCUT2D eigenvalue weighted by molar-refractivity contribution is -0.112. The molecule has 84 valence electrons. The minimum Gasteiger partial charge on any atom is -0.379 e. The lowest BCUT2D eigenvalue weighted by Gasteiger charge is -2.04. The van der Waals surface area contributed by atoms with Crippen LogP contribution in [0.15, 0.2) is 0 Å². The van der Waals surface area contributed by atoms with E-state index >= 15 is 0 Å². The summed E-state index contributed by atoms with van der Waals surface area (Å²) in [6.45, 7) is 3.20. The molecule has 0 bridgehead atoms. The highest BCUT2D eigenvalue weighted by Gasteiger charge is 1.97. The van der Waals surface area contributed by atoms with Gasteiger partial charge in [0.15, 0.2) is 5.12 Å². The first-order valence-electron chi connectivity index (χ1n) is 4.68. The molecule has 1 N–H and O–H groups in total. The Hall–Kier alpha value is -0.100. The van der Waals surface area contributed by atoms with E-state index in [1.54, 1.807) is 6.26 Å². The van der Waals surface area contributed by atoms with Crippen molar-refractivity contribution in [2.45, 2.75) is 6.42 Å². The second-order valence-corrected chi connectivity index (χ2v) is 3.52. The van der Waals surface area contributed by atoms with Gasteiger partial charge in [-0.05, 0) is 13.3 Å². The van der Waals surface area contributed by atoms with Gasteiger partial charge in [0.05, 0.1) is 26.4 Å². The zero-order valence-electron chi connectivity index (χ0n) is 8.88. The van der Waals surface area contributed by atoms with Crippen molar-refractivity contribution in [1.82, 2.24) is 5.32 Å². The van der Waals surface area contributed by atoms with Crippen LogP contribution < -0.4 is 5.32 Å². The van der Waals surface area contributed by atoms with Gasteiger partial charge in [-0.15, -0.1) is 0 Å². The molecule has 0 amide bonds. The fourth-order valence-electron chi connectivity index (χ4n) is 0.754. The molecule has 0 aromatic carbocycles. The van der Waals surface area contributed by atoms with Gasteiger partial charge in [-0.1, -0.05) is 11.8 Å². The summed E-state index contributed by atoms with van der Waals surface area (Å²) in [5, 5.41) is 3.15. The maximum atomic E-state index is 10.8. The molecule has 0 aromatic heterocycles. The van der Waals surface area contributed by atoms with Crippen LogP contribution in [0.1, 0.15) is 6.42 Å². The van der Waals surface area contributed by atoms with E-state index in [1.807, 2.05) is 7.05 Å². The SMILES string of the molecule is CNCCOCCOCCC(=O)SC. The molecule has 0 rings (SSSR count). The molecule has 0 aliphatic carbocycles. The van der Waals surface area contributed by atoms with Crippen molar-refractivity contribution < 1.29 is 14.3 Å². The molecule has 0 atom stereocenters. The number of carbonyl (C=O) groups excluding carboxylic acids is 1. The van der Waals surface area contributed by atoms with Crippen LogP contribution in [0.2, 0.25) is 0 Å². The molecule has 0 aromatic rings. The Morgan fingerprint density at radius 2 is 1.86 bits per heavy atom. The Kier molecular flexibility index (Phi) is 10.9. The first kappa shape index (κ1) is 13.9. The van der Waals surface area contributed by atoms with Crippen molar-refractivity contribution in [3.8, 4) is 0 Å². The minimum atomic E-state index is 0.168. The Labute approximate surface area is 89.7 Å². The Morgan fingerprint density at radius 1 is 1.21 bits per heavy atom. The normalized spacial score (nSPS) is 10.4. The van der Waals surface area contributed by atoms with Gasteiger partial charge in [-0.2, -0.15) is 0 Å². The minimum absolute atomic E-state index is 0.168. The zero-order chi connectivity index (χ0) is 10.6. The van der Waals surface area contributed by atoms with Gasteiger partial charge in [0.25, 0.3) is 0 Å². The maximum absolute atomic E-state index is 10.8. The standard InChI is InChI=1S/C9H19NO3S/c1-10-4-6-13-8-7-12-5-3-9(11)14-2/h10H,3-8H2,1-2H3. The molecule has 4 nitrogen and oxygen atoms in total. The quantitative estimate of drug-likeness (QED) is 0.575. The summed E-state index contributed by atoms with van der Waals surface area (Å²) in [5.74, 6) is 0. The van der Waals surface area contributed by atoms with Gasteiger partial charge < -0.3 is 14.8 Å². The highest BCUT2D eigenvalue weighted by molar-refractivity contribution is 8.13. The van der Waals surface area contributed by atoms with E-state index in [1.165, 1.54) is 11.8 Å². The number of nitrogens with one attached hydrogen (secondary N) is 1. The van der Waals surface area contributed by atoms with E-state index in [4.69, 9.17) is 9.47 Å². The Balaban J connectivity index is 2.95. The van der Waals surface area contributed by atoms with Crippen LogP contribution in [0.3, 0.4) is 0 Å². The average molecular weight is 221 g/mol. The molecule has 0 fully saturated rings. The first-order valence-corrected chi connectivity index (χ1v) is 5.90. The number of carbonyl (C=O) groups is 1. The number of hydrogen-bond donors (Lipinski definition) is 1. The largest absolute Gasteiger partial charge is 0.379 e. The van der Waals surface area contributed by atoms with Crippen LogP contribution in [-0.2, 0) is 14.3 Å². The molecule has 0 aliphatic rings. The van der Waals surface area contributed by atoms with E-state index in [9.17, 15) is 4.79 Å². The summed E-state index contributed by atoms with van der Waals surface area (Å²) >= 11 is 1.24. The van der Waals surface area contributed by atoms with Gasteiger partial charge in [-0.25, -0.2) is 0 Å². The lowest BCUT2D eigenvalue weighted by atomic mass is 10.5. The van der Waals surface area contributed by atoms with E-state index in [2.05, 4.69) is 5.32 Å². The summed E-state index contributed by atoms with van der Waals surface area (Å²) in [6, 6.07) is 0. The molecule has 0 saturated heterocycles. The third-order valence-corrected chi connectivity index (χ3v) is 2.21. The van der Waals surface area contributed by atoms with E-state index < -0.39 is 0 Å². The van der Waals surface area contributed by atoms with E-state index in [0.717, 1.165) is 6.54 Å². The van der Waals surface area contributed by atoms with E-state index in [0.29, 0.717) is 32.8 Å². The van der Waals surface area contributed by atoms with Crippen molar-refractivity contribution in [1.29, 1.82) is 0 Å². The maximum Gasteiger partial charge on any atom is 0.190 e. The number of thioether (sulfide) groups is 1. The molecular formula is C9H19NO3S. The molecule has 0 saturated carbocycles. The molecule has 5 heteroatoms. The van der Waals surface area contributed by atoms with Crippen LogP contribution in [-0.4, -0.2) is 51.4 Å². The van der Waals surface area contributed by atoms with Gasteiger partial charge in [-0.3, -0.25) is 4.79 Å². The molecule has 14 heavy (non-hydrogen) atoms. The number of rotatable bonds is 9. The predicted octanol–water partition coefficient (Wildman–Crippen LogP) is 0.519. The van der Waals surface area contributed by atoms with Gasteiger partial charge in [0.1, 0.15) is 0 Å². The molecule has 0 unspecified atom stereocenters. The summed E-state index contributed by atoms with van der Waals surface area (Å²) in [4.78, 5) is 10.8. The molecule has 0 aliphatic heterocycles. The fourth-order valence-corrected chi connectivity index (χ4v) is 1.04. The van der Waals surface area contributed by atoms with Crippen molar-refractivity contribution in [2.75, 3.05) is 46.3 Å². The van der Waals surface area contributed by atoms with Crippen LogP contribution in [0.4, 0.5) is 0 Å². The van der Waals surface area contributed by atoms with Gasteiger partial charge >= 0.3 is 0 Å². The first-order chi connectivity index (χ1) is 6.81. The number of ether oxygens (including phenoxy) is 2. The van der Waals surface area contributed by atoms with Gasteiger partial charge in [0.2, 0.25) is 0 Å². The Bertz CT molecular complexity index is 144. The van der Waals surface area contributed by atoms with Crippen molar-refractivity contribution in [3.63, 3.8) is 0 Å². The number of likely N-dealkylation sites (N-methyl/N-ethyl adjacent to an activating group) is 1. The van der Waals surface area contributed by atoms with Crippen LogP contribution >= 0.6 is 11.8 Å². The van der Waals surface area contributed by atoms with E-state index in [-0.39, 0.29) is 5.12 Å². The summed E-state index contributed by atoms with van der Waals surface area (Å²) in [7, 11) is 1.88. The predicted molar refractivity (Wildman–Crippen MR) is 58.7 cm³/mol. The van der Waals surface area contributed by atoms with Crippen molar-refractivity contribution in [3.05, 3.63) is 0 Å². The van der Waals surface area contributed by atoms with Crippen LogP contribution in [0, 0.1) is 0 Å². The van der Waals surface area contributed by atoms with Crippen molar-refractivity contribution in [2.24, 2.45) is 0 Å². The second-order valence-electron chi connectivity index (χ2n) is 2.65. The third kappa shape index (κ3) is 9.98. The number of hydrogen-bond acceptors (Lipinski definition) is 5. The molecule has 0 heterocycles. The van der Waals surface area contributed by atoms with Crippen LogP contribution in [0.5, 0.6) is 0 Å². The smallest absolute Gasteiger partial charge is 0.190 e. The summed E-state index contributed by atoms with van der Waals surface area (Å²) < 4.78 is 10.4.